The molecule has 0 saturated carbocycles. The summed E-state index contributed by atoms with van der Waals surface area (Å²) in [6.45, 7) is 3.92. The lowest BCUT2D eigenvalue weighted by molar-refractivity contribution is -0.123. The van der Waals surface area contributed by atoms with Crippen molar-refractivity contribution >= 4 is 11.5 Å². The SMILES string of the molecule is CC1=C(c2ccc(-n3ccnc3)cc2)CC(C)C(=O)N1. The third-order valence-electron chi connectivity index (χ3n) is 3.74. The standard InChI is InChI=1S/C16H17N3O/c1-11-9-15(12(2)18-16(11)20)13-3-5-14(6-4-13)19-8-7-17-10-19/h3-8,10-11H,9H2,1-2H3,(H,18,20). The van der Waals surface area contributed by atoms with Crippen LogP contribution in [0.5, 0.6) is 0 Å². The number of amides is 1. The van der Waals surface area contributed by atoms with Crippen LogP contribution in [0.2, 0.25) is 0 Å². The van der Waals surface area contributed by atoms with E-state index >= 15 is 0 Å². The maximum absolute atomic E-state index is 11.6. The molecule has 20 heavy (non-hydrogen) atoms. The summed E-state index contributed by atoms with van der Waals surface area (Å²) >= 11 is 0. The minimum atomic E-state index is 0.0297. The number of nitrogens with zero attached hydrogens (tertiary/aromatic N) is 2. The topological polar surface area (TPSA) is 46.9 Å². The largest absolute Gasteiger partial charge is 0.330 e. The van der Waals surface area contributed by atoms with Gasteiger partial charge in [0.1, 0.15) is 0 Å². The Morgan fingerprint density at radius 1 is 1.30 bits per heavy atom. The number of hydrogen-bond acceptors (Lipinski definition) is 2. The summed E-state index contributed by atoms with van der Waals surface area (Å²) in [5.74, 6) is 0.142. The van der Waals surface area contributed by atoms with Gasteiger partial charge in [-0.2, -0.15) is 0 Å². The third kappa shape index (κ3) is 2.25. The Bertz CT molecular complexity index is 654. The first kappa shape index (κ1) is 12.7. The van der Waals surface area contributed by atoms with Crippen LogP contribution in [-0.4, -0.2) is 15.5 Å². The first-order valence-corrected chi connectivity index (χ1v) is 6.74. The Balaban J connectivity index is 1.92. The molecule has 1 atom stereocenters. The molecule has 1 N–H and O–H groups in total. The Labute approximate surface area is 118 Å². The van der Waals surface area contributed by atoms with Gasteiger partial charge in [-0.05, 0) is 36.6 Å². The fraction of sp³-hybridized carbons (Fsp3) is 0.250. The van der Waals surface area contributed by atoms with Crippen molar-refractivity contribution in [2.45, 2.75) is 20.3 Å². The zero-order chi connectivity index (χ0) is 14.1. The van der Waals surface area contributed by atoms with Crippen molar-refractivity contribution in [3.05, 3.63) is 54.2 Å². The van der Waals surface area contributed by atoms with Crippen LogP contribution in [0.4, 0.5) is 0 Å². The highest BCUT2D eigenvalue weighted by Gasteiger charge is 2.23. The maximum Gasteiger partial charge on any atom is 0.227 e. The van der Waals surface area contributed by atoms with E-state index in [9.17, 15) is 4.79 Å². The molecule has 2 heterocycles. The number of carbonyl (C=O) groups excluding carboxylic acids is 1. The number of allylic oxidation sites excluding steroid dienone is 2. The molecule has 102 valence electrons. The van der Waals surface area contributed by atoms with Crippen LogP contribution < -0.4 is 5.32 Å². The zero-order valence-electron chi connectivity index (χ0n) is 11.6. The summed E-state index contributed by atoms with van der Waals surface area (Å²) in [6.07, 6.45) is 6.26. The second kappa shape index (κ2) is 4.96. The molecule has 0 bridgehead atoms. The number of nitrogens with one attached hydrogen (secondary N) is 1. The quantitative estimate of drug-likeness (QED) is 0.909. The molecule has 0 spiro atoms. The first-order valence-electron chi connectivity index (χ1n) is 6.74. The molecular weight excluding hydrogens is 250 g/mol. The van der Waals surface area contributed by atoms with E-state index in [0.29, 0.717) is 0 Å². The van der Waals surface area contributed by atoms with Gasteiger partial charge in [-0.25, -0.2) is 4.98 Å². The van der Waals surface area contributed by atoms with Gasteiger partial charge in [0.05, 0.1) is 6.33 Å². The summed E-state index contributed by atoms with van der Waals surface area (Å²) in [7, 11) is 0. The summed E-state index contributed by atoms with van der Waals surface area (Å²) in [5, 5.41) is 2.95. The smallest absolute Gasteiger partial charge is 0.227 e. The monoisotopic (exact) mass is 267 g/mol. The molecule has 1 aliphatic heterocycles. The fourth-order valence-corrected chi connectivity index (χ4v) is 2.52. The Morgan fingerprint density at radius 2 is 2.05 bits per heavy atom. The number of imidazole rings is 1. The van der Waals surface area contributed by atoms with Crippen LogP contribution in [0.1, 0.15) is 25.8 Å². The molecule has 0 saturated heterocycles. The highest BCUT2D eigenvalue weighted by atomic mass is 16.1. The molecule has 1 aliphatic rings. The molecule has 0 radical (unpaired) electrons. The highest BCUT2D eigenvalue weighted by molar-refractivity contribution is 5.88. The van der Waals surface area contributed by atoms with Crippen molar-refractivity contribution in [2.75, 3.05) is 0 Å². The van der Waals surface area contributed by atoms with Crippen LogP contribution in [0.3, 0.4) is 0 Å². The van der Waals surface area contributed by atoms with Crippen molar-refractivity contribution in [1.82, 2.24) is 14.9 Å². The molecule has 4 heteroatoms. The van der Waals surface area contributed by atoms with Gasteiger partial charge in [-0.15, -0.1) is 0 Å². The van der Waals surface area contributed by atoms with Crippen molar-refractivity contribution in [2.24, 2.45) is 5.92 Å². The second-order valence-corrected chi connectivity index (χ2v) is 5.21. The Kier molecular flexibility index (Phi) is 3.14. The number of benzene rings is 1. The van der Waals surface area contributed by atoms with E-state index in [2.05, 4.69) is 34.6 Å². The average molecular weight is 267 g/mol. The predicted octanol–water partition coefficient (Wildman–Crippen LogP) is 2.76. The second-order valence-electron chi connectivity index (χ2n) is 5.21. The highest BCUT2D eigenvalue weighted by Crippen LogP contribution is 2.29. The lowest BCUT2D eigenvalue weighted by atomic mass is 9.90. The molecule has 2 aromatic rings. The van der Waals surface area contributed by atoms with Crippen molar-refractivity contribution in [3.8, 4) is 5.69 Å². The average Bonchev–Trinajstić information content (AvgIpc) is 2.97. The van der Waals surface area contributed by atoms with Gasteiger partial charge in [-0.1, -0.05) is 19.1 Å². The predicted molar refractivity (Wildman–Crippen MR) is 78.1 cm³/mol. The van der Waals surface area contributed by atoms with Crippen LogP contribution in [0.25, 0.3) is 11.3 Å². The lowest BCUT2D eigenvalue weighted by Crippen LogP contribution is -2.32. The Morgan fingerprint density at radius 3 is 2.70 bits per heavy atom. The minimum Gasteiger partial charge on any atom is -0.330 e. The lowest BCUT2D eigenvalue weighted by Gasteiger charge is -2.23. The number of rotatable bonds is 2. The van der Waals surface area contributed by atoms with E-state index in [4.69, 9.17) is 0 Å². The maximum atomic E-state index is 11.6. The van der Waals surface area contributed by atoms with E-state index in [-0.39, 0.29) is 11.8 Å². The summed E-state index contributed by atoms with van der Waals surface area (Å²) < 4.78 is 1.97. The van der Waals surface area contributed by atoms with E-state index < -0.39 is 0 Å². The van der Waals surface area contributed by atoms with Gasteiger partial charge in [0, 0.05) is 29.7 Å². The van der Waals surface area contributed by atoms with Crippen molar-refractivity contribution in [3.63, 3.8) is 0 Å². The Hall–Kier alpha value is -2.36. The molecule has 0 fully saturated rings. The first-order chi connectivity index (χ1) is 9.65. The van der Waals surface area contributed by atoms with E-state index in [0.717, 1.165) is 17.8 Å². The number of hydrogen-bond donors (Lipinski definition) is 1. The van der Waals surface area contributed by atoms with Gasteiger partial charge < -0.3 is 9.88 Å². The molecule has 1 unspecified atom stereocenters. The third-order valence-corrected chi connectivity index (χ3v) is 3.74. The van der Waals surface area contributed by atoms with Gasteiger partial charge in [0.25, 0.3) is 0 Å². The molecule has 3 rings (SSSR count). The summed E-state index contributed by atoms with van der Waals surface area (Å²) in [4.78, 5) is 15.7. The molecular formula is C16H17N3O. The van der Waals surface area contributed by atoms with E-state index in [1.807, 2.05) is 24.6 Å². The van der Waals surface area contributed by atoms with Crippen molar-refractivity contribution in [1.29, 1.82) is 0 Å². The molecule has 4 nitrogen and oxygen atoms in total. The number of carbonyl (C=O) groups is 1. The van der Waals surface area contributed by atoms with Crippen LogP contribution in [0, 0.1) is 5.92 Å². The molecule has 1 aromatic heterocycles. The van der Waals surface area contributed by atoms with Crippen LogP contribution in [-0.2, 0) is 4.79 Å². The van der Waals surface area contributed by atoms with Gasteiger partial charge in [-0.3, -0.25) is 4.79 Å². The van der Waals surface area contributed by atoms with Gasteiger partial charge in [0.2, 0.25) is 5.91 Å². The van der Waals surface area contributed by atoms with Gasteiger partial charge in [0.15, 0.2) is 0 Å². The van der Waals surface area contributed by atoms with Crippen LogP contribution >= 0.6 is 0 Å². The zero-order valence-corrected chi connectivity index (χ0v) is 11.6. The molecule has 1 amide bonds. The van der Waals surface area contributed by atoms with E-state index in [1.165, 1.54) is 11.1 Å². The van der Waals surface area contributed by atoms with E-state index in [1.54, 1.807) is 12.5 Å². The van der Waals surface area contributed by atoms with Crippen molar-refractivity contribution < 1.29 is 4.79 Å². The van der Waals surface area contributed by atoms with Crippen LogP contribution in [0.15, 0.2) is 48.7 Å². The fourth-order valence-electron chi connectivity index (χ4n) is 2.52. The summed E-state index contributed by atoms with van der Waals surface area (Å²) in [5.41, 5.74) is 4.42. The molecule has 1 aromatic carbocycles. The normalized spacial score (nSPS) is 19.1. The molecule has 0 aliphatic carbocycles. The number of aromatic nitrogens is 2. The summed E-state index contributed by atoms with van der Waals surface area (Å²) in [6, 6.07) is 8.33. The minimum absolute atomic E-state index is 0.0297. The van der Waals surface area contributed by atoms with Gasteiger partial charge >= 0.3 is 0 Å².